The van der Waals surface area contributed by atoms with Crippen LogP contribution in [0.5, 0.6) is 0 Å². The first kappa shape index (κ1) is 16.9. The van der Waals surface area contributed by atoms with Crippen molar-refractivity contribution in [1.82, 2.24) is 25.2 Å². The summed E-state index contributed by atoms with van der Waals surface area (Å²) in [6, 6.07) is 12.4. The van der Waals surface area contributed by atoms with Crippen LogP contribution in [0, 0.1) is 0 Å². The number of hydrogen-bond donors (Lipinski definition) is 2. The molecule has 7 nitrogen and oxygen atoms in total. The van der Waals surface area contributed by atoms with E-state index in [1.54, 1.807) is 21.0 Å². The molecular weight excluding hydrogens is 378 g/mol. The highest BCUT2D eigenvalue weighted by Gasteiger charge is 2.25. The summed E-state index contributed by atoms with van der Waals surface area (Å²) in [5.41, 5.74) is 1.12. The van der Waals surface area contributed by atoms with Gasteiger partial charge in [-0.3, -0.25) is 0 Å². The lowest BCUT2D eigenvalue weighted by atomic mass is 10.3. The highest BCUT2D eigenvalue weighted by Crippen LogP contribution is 2.21. The van der Waals surface area contributed by atoms with Gasteiger partial charge in [-0.05, 0) is 28.8 Å². The standard InChI is InChI=1S/C18H19N7S2/c1-2-5-15-14(4-1)19-17(27-15)12-23-7-9-24(10-8-23)13-25-21-18(20-22-25)16-6-3-11-26-16/h1-6,11H,7-10,12-13H2/p+2. The van der Waals surface area contributed by atoms with Crippen LogP contribution in [0.15, 0.2) is 41.8 Å². The molecule has 138 valence electrons. The topological polar surface area (TPSA) is 65.4 Å². The SMILES string of the molecule is c1csc(-c2nnn(C[NH+]3CC[NH+](Cc4nc5ccccc5s4)CC3)n2)c1. The Morgan fingerprint density at radius 2 is 1.85 bits per heavy atom. The Morgan fingerprint density at radius 1 is 1.00 bits per heavy atom. The smallest absolute Gasteiger partial charge is 0.215 e. The van der Waals surface area contributed by atoms with Gasteiger partial charge in [0.05, 0.1) is 15.1 Å². The Balaban J connectivity index is 1.16. The third kappa shape index (κ3) is 3.77. The first-order chi connectivity index (χ1) is 13.3. The van der Waals surface area contributed by atoms with Gasteiger partial charge < -0.3 is 9.80 Å². The quantitative estimate of drug-likeness (QED) is 0.494. The number of rotatable bonds is 5. The fraction of sp³-hybridized carbons (Fsp3) is 0.333. The molecule has 1 saturated heterocycles. The van der Waals surface area contributed by atoms with E-state index in [1.165, 1.54) is 14.6 Å². The van der Waals surface area contributed by atoms with Gasteiger partial charge in [-0.15, -0.1) is 37.7 Å². The first-order valence-corrected chi connectivity index (χ1v) is 10.9. The average Bonchev–Trinajstić information content (AvgIpc) is 3.43. The van der Waals surface area contributed by atoms with E-state index >= 15 is 0 Å². The molecular formula is C18H21N7S2+2. The second-order valence-corrected chi connectivity index (χ2v) is 8.94. The minimum Gasteiger partial charge on any atom is -0.320 e. The fourth-order valence-electron chi connectivity index (χ4n) is 3.52. The Kier molecular flexibility index (Phi) is 4.66. The van der Waals surface area contributed by atoms with Crippen molar-refractivity contribution < 1.29 is 9.80 Å². The molecule has 0 atom stereocenters. The van der Waals surface area contributed by atoms with Crippen LogP contribution in [0.25, 0.3) is 20.9 Å². The maximum Gasteiger partial charge on any atom is 0.215 e. The molecule has 27 heavy (non-hydrogen) atoms. The summed E-state index contributed by atoms with van der Waals surface area (Å²) in [5.74, 6) is 0.726. The van der Waals surface area contributed by atoms with E-state index in [-0.39, 0.29) is 0 Å². The average molecular weight is 400 g/mol. The molecule has 1 aliphatic rings. The normalized spacial score (nSPS) is 20.3. The van der Waals surface area contributed by atoms with Crippen LogP contribution in [0.4, 0.5) is 0 Å². The van der Waals surface area contributed by atoms with Gasteiger partial charge in [0.15, 0.2) is 6.67 Å². The number of fused-ring (bicyclic) bond motifs is 1. The van der Waals surface area contributed by atoms with E-state index in [1.807, 2.05) is 28.8 Å². The summed E-state index contributed by atoms with van der Waals surface area (Å²) in [6.07, 6.45) is 0. The lowest BCUT2D eigenvalue weighted by Gasteiger charge is -2.28. The zero-order valence-electron chi connectivity index (χ0n) is 14.8. The highest BCUT2D eigenvalue weighted by molar-refractivity contribution is 7.18. The van der Waals surface area contributed by atoms with Crippen molar-refractivity contribution >= 4 is 32.9 Å². The molecule has 0 radical (unpaired) electrons. The van der Waals surface area contributed by atoms with E-state index in [2.05, 4.69) is 39.7 Å². The molecule has 4 heterocycles. The van der Waals surface area contributed by atoms with Crippen molar-refractivity contribution in [3.63, 3.8) is 0 Å². The van der Waals surface area contributed by atoms with E-state index in [0.29, 0.717) is 0 Å². The number of thiazole rings is 1. The van der Waals surface area contributed by atoms with Crippen molar-refractivity contribution in [1.29, 1.82) is 0 Å². The number of benzene rings is 1. The Hall–Kier alpha value is -2.20. The summed E-state index contributed by atoms with van der Waals surface area (Å²) < 4.78 is 1.29. The van der Waals surface area contributed by atoms with Gasteiger partial charge in [0.2, 0.25) is 5.82 Å². The number of nitrogens with zero attached hydrogens (tertiary/aromatic N) is 5. The predicted octanol–water partition coefficient (Wildman–Crippen LogP) is -0.0476. The number of thiophene rings is 1. The summed E-state index contributed by atoms with van der Waals surface area (Å²) >= 11 is 3.47. The minimum atomic E-state index is 0.726. The molecule has 1 aliphatic heterocycles. The van der Waals surface area contributed by atoms with Crippen LogP contribution >= 0.6 is 22.7 Å². The number of quaternary nitrogens is 2. The first-order valence-electron chi connectivity index (χ1n) is 9.17. The summed E-state index contributed by atoms with van der Waals surface area (Å²) in [6.45, 7) is 6.35. The number of nitrogens with one attached hydrogen (secondary N) is 2. The van der Waals surface area contributed by atoms with Gasteiger partial charge in [-0.25, -0.2) is 4.98 Å². The molecule has 0 amide bonds. The van der Waals surface area contributed by atoms with Crippen LogP contribution < -0.4 is 9.80 Å². The number of para-hydroxylation sites is 1. The van der Waals surface area contributed by atoms with Gasteiger partial charge >= 0.3 is 0 Å². The Bertz CT molecular complexity index is 982. The van der Waals surface area contributed by atoms with Gasteiger partial charge in [-0.1, -0.05) is 18.2 Å². The molecule has 5 rings (SSSR count). The number of piperazine rings is 1. The molecule has 0 saturated carbocycles. The molecule has 0 aliphatic carbocycles. The van der Waals surface area contributed by atoms with Crippen LogP contribution in [-0.2, 0) is 13.2 Å². The predicted molar refractivity (Wildman–Crippen MR) is 106 cm³/mol. The number of aromatic nitrogens is 5. The molecule has 1 aromatic carbocycles. The maximum atomic E-state index is 4.78. The molecule has 9 heteroatoms. The van der Waals surface area contributed by atoms with Crippen molar-refractivity contribution in [3.05, 3.63) is 46.8 Å². The summed E-state index contributed by atoms with van der Waals surface area (Å²) in [4.78, 5) is 10.7. The third-order valence-electron chi connectivity index (χ3n) is 4.96. The van der Waals surface area contributed by atoms with E-state index < -0.39 is 0 Å². The van der Waals surface area contributed by atoms with Crippen molar-refractivity contribution in [2.75, 3.05) is 26.2 Å². The molecule has 0 unspecified atom stereocenters. The van der Waals surface area contributed by atoms with Crippen LogP contribution in [0.1, 0.15) is 5.01 Å². The summed E-state index contributed by atoms with van der Waals surface area (Å²) in [5, 5.41) is 16.2. The minimum absolute atomic E-state index is 0.726. The highest BCUT2D eigenvalue weighted by atomic mass is 32.1. The zero-order valence-corrected chi connectivity index (χ0v) is 16.5. The van der Waals surface area contributed by atoms with Gasteiger partial charge in [-0.2, -0.15) is 0 Å². The van der Waals surface area contributed by atoms with Crippen LogP contribution in [0.2, 0.25) is 0 Å². The molecule has 1 fully saturated rings. The van der Waals surface area contributed by atoms with Gasteiger partial charge in [0, 0.05) is 0 Å². The largest absolute Gasteiger partial charge is 0.320 e. The second-order valence-electron chi connectivity index (χ2n) is 6.87. The van der Waals surface area contributed by atoms with E-state index in [4.69, 9.17) is 4.98 Å². The molecule has 0 spiro atoms. The molecule has 3 aromatic heterocycles. The zero-order chi connectivity index (χ0) is 18.1. The van der Waals surface area contributed by atoms with Crippen LogP contribution in [0.3, 0.4) is 0 Å². The lowest BCUT2D eigenvalue weighted by Crippen LogP contribution is -3.27. The fourth-order valence-corrected chi connectivity index (χ4v) is 5.20. The second kappa shape index (κ2) is 7.43. The summed E-state index contributed by atoms with van der Waals surface area (Å²) in [7, 11) is 0. The molecule has 4 aromatic rings. The molecule has 0 bridgehead atoms. The third-order valence-corrected chi connectivity index (χ3v) is 6.87. The lowest BCUT2D eigenvalue weighted by molar-refractivity contribution is -1.03. The van der Waals surface area contributed by atoms with Crippen molar-refractivity contribution in [3.8, 4) is 10.7 Å². The van der Waals surface area contributed by atoms with Gasteiger partial charge in [0.1, 0.15) is 37.7 Å². The Morgan fingerprint density at radius 3 is 2.67 bits per heavy atom. The van der Waals surface area contributed by atoms with Gasteiger partial charge in [0.25, 0.3) is 0 Å². The van der Waals surface area contributed by atoms with Crippen LogP contribution in [-0.4, -0.2) is 51.4 Å². The Labute approximate surface area is 164 Å². The van der Waals surface area contributed by atoms with Crippen molar-refractivity contribution in [2.45, 2.75) is 13.2 Å². The van der Waals surface area contributed by atoms with E-state index in [9.17, 15) is 0 Å². The number of tetrazole rings is 1. The molecule has 2 N–H and O–H groups in total. The van der Waals surface area contributed by atoms with E-state index in [0.717, 1.165) is 55.6 Å². The van der Waals surface area contributed by atoms with Crippen molar-refractivity contribution in [2.24, 2.45) is 0 Å². The number of hydrogen-bond acceptors (Lipinski definition) is 6. The monoisotopic (exact) mass is 399 g/mol. The maximum absolute atomic E-state index is 4.78.